The topological polar surface area (TPSA) is 164 Å². The van der Waals surface area contributed by atoms with Crippen molar-refractivity contribution in [2.45, 2.75) is 13.8 Å². The van der Waals surface area contributed by atoms with Gasteiger partial charge in [0, 0.05) is 11.8 Å². The Morgan fingerprint density at radius 1 is 1.06 bits per heavy atom. The summed E-state index contributed by atoms with van der Waals surface area (Å²) < 4.78 is 25.5. The molecule has 0 saturated carbocycles. The SMILES string of the molecule is Cc1nn(-c2ccc(Nc3nc(Cl)nc(Cl)n3)cc2)c(C)c1N=Nc1ccc(OS(C)(=N)=O)cc1O. The van der Waals surface area contributed by atoms with E-state index in [1.165, 1.54) is 18.2 Å². The molecule has 0 aliphatic heterocycles. The highest BCUT2D eigenvalue weighted by Gasteiger charge is 2.14. The highest BCUT2D eigenvalue weighted by molar-refractivity contribution is 7.87. The molecule has 15 heteroatoms. The van der Waals surface area contributed by atoms with Crippen LogP contribution in [0.4, 0.5) is 23.0 Å². The van der Waals surface area contributed by atoms with E-state index < -0.39 is 10.0 Å². The molecule has 0 spiro atoms. The summed E-state index contributed by atoms with van der Waals surface area (Å²) in [6, 6.07) is 11.4. The minimum absolute atomic E-state index is 0.0182. The molecular formula is C21H19Cl2N9O3S. The van der Waals surface area contributed by atoms with E-state index in [9.17, 15) is 9.32 Å². The Labute approximate surface area is 216 Å². The van der Waals surface area contributed by atoms with Crippen molar-refractivity contribution in [3.8, 4) is 17.2 Å². The van der Waals surface area contributed by atoms with Gasteiger partial charge in [0.15, 0.2) is 10.0 Å². The first-order valence-corrected chi connectivity index (χ1v) is 12.8. The number of benzene rings is 2. The number of hydrogen-bond acceptors (Lipinski definition) is 11. The van der Waals surface area contributed by atoms with Gasteiger partial charge < -0.3 is 14.6 Å². The zero-order valence-electron chi connectivity index (χ0n) is 19.1. The van der Waals surface area contributed by atoms with Crippen LogP contribution in [0.3, 0.4) is 0 Å². The molecule has 4 aromatic rings. The number of azo groups is 1. The highest BCUT2D eigenvalue weighted by Crippen LogP contribution is 2.34. The number of anilines is 2. The van der Waals surface area contributed by atoms with Crippen molar-refractivity contribution in [3.63, 3.8) is 0 Å². The fraction of sp³-hybridized carbons (Fsp3) is 0.143. The van der Waals surface area contributed by atoms with Crippen molar-refractivity contribution in [2.24, 2.45) is 10.2 Å². The maximum absolute atomic E-state index is 11.5. The van der Waals surface area contributed by atoms with Crippen LogP contribution in [0.2, 0.25) is 10.6 Å². The average Bonchev–Trinajstić information content (AvgIpc) is 3.05. The van der Waals surface area contributed by atoms with Gasteiger partial charge in [0.25, 0.3) is 0 Å². The Hall–Kier alpha value is -3.81. The largest absolute Gasteiger partial charge is 0.505 e. The van der Waals surface area contributed by atoms with Gasteiger partial charge in [-0.1, -0.05) is 0 Å². The van der Waals surface area contributed by atoms with E-state index in [4.69, 9.17) is 32.2 Å². The lowest BCUT2D eigenvalue weighted by molar-refractivity contribution is 0.471. The van der Waals surface area contributed by atoms with Crippen LogP contribution in [-0.2, 0) is 10.0 Å². The summed E-state index contributed by atoms with van der Waals surface area (Å²) in [7, 11) is -3.22. The quantitative estimate of drug-likeness (QED) is 0.243. The van der Waals surface area contributed by atoms with Crippen molar-refractivity contribution in [2.75, 3.05) is 11.6 Å². The van der Waals surface area contributed by atoms with Crippen molar-refractivity contribution in [3.05, 3.63) is 64.4 Å². The molecule has 2 heterocycles. The van der Waals surface area contributed by atoms with Gasteiger partial charge in [-0.15, -0.1) is 10.2 Å². The summed E-state index contributed by atoms with van der Waals surface area (Å²) >= 11 is 11.6. The first kappa shape index (κ1) is 25.3. The zero-order valence-corrected chi connectivity index (χ0v) is 21.4. The van der Waals surface area contributed by atoms with Gasteiger partial charge >= 0.3 is 0 Å². The maximum atomic E-state index is 11.5. The van der Waals surface area contributed by atoms with Crippen LogP contribution in [0, 0.1) is 18.6 Å². The number of nitrogens with zero attached hydrogens (tertiary/aromatic N) is 7. The predicted octanol–water partition coefficient (Wildman–Crippen LogP) is 5.82. The summed E-state index contributed by atoms with van der Waals surface area (Å²) in [4.78, 5) is 11.7. The van der Waals surface area contributed by atoms with Crippen LogP contribution in [0.1, 0.15) is 11.4 Å². The number of phenolic OH excluding ortho intramolecular Hbond substituents is 1. The fourth-order valence-electron chi connectivity index (χ4n) is 3.15. The third kappa shape index (κ3) is 6.05. The van der Waals surface area contributed by atoms with Gasteiger partial charge in [-0.25, -0.2) is 13.7 Å². The molecule has 0 aliphatic carbocycles. The van der Waals surface area contributed by atoms with Crippen molar-refractivity contribution in [1.82, 2.24) is 24.7 Å². The normalized spacial score (nSPS) is 13.0. The molecule has 2 aromatic heterocycles. The molecule has 0 saturated heterocycles. The van der Waals surface area contributed by atoms with Gasteiger partial charge in [-0.3, -0.25) is 0 Å². The number of hydrogen-bond donors (Lipinski definition) is 3. The Kier molecular flexibility index (Phi) is 7.06. The second-order valence-electron chi connectivity index (χ2n) is 7.51. The van der Waals surface area contributed by atoms with Crippen LogP contribution >= 0.6 is 23.2 Å². The molecule has 186 valence electrons. The number of aromatic hydroxyl groups is 1. The molecule has 0 fully saturated rings. The standard InChI is InChI=1S/C21H19Cl2N9O3S/c1-11-18(30-29-16-9-8-15(10-17(16)33)35-36(3,24)34)12(2)32(31-11)14-6-4-13(5-7-14)25-21-27-19(22)26-20(23)28-21/h4-10,24,33H,1-3H3,(H,25,26,27,28). The van der Waals surface area contributed by atoms with E-state index in [-0.39, 0.29) is 33.7 Å². The Balaban J connectivity index is 1.54. The van der Waals surface area contributed by atoms with Gasteiger partial charge in [0.05, 0.1) is 23.3 Å². The number of rotatable bonds is 7. The minimum atomic E-state index is -3.22. The molecule has 2 aromatic carbocycles. The lowest BCUT2D eigenvalue weighted by Crippen LogP contribution is -2.03. The second-order valence-corrected chi connectivity index (χ2v) is 9.89. The summed E-state index contributed by atoms with van der Waals surface area (Å²) in [5, 5.41) is 26.1. The van der Waals surface area contributed by atoms with Crippen LogP contribution in [0.25, 0.3) is 5.69 Å². The summed E-state index contributed by atoms with van der Waals surface area (Å²) in [5.41, 5.74) is 3.55. The van der Waals surface area contributed by atoms with Crippen LogP contribution in [0.5, 0.6) is 11.5 Å². The lowest BCUT2D eigenvalue weighted by Gasteiger charge is -2.08. The van der Waals surface area contributed by atoms with Crippen molar-refractivity contribution >= 4 is 56.2 Å². The predicted molar refractivity (Wildman–Crippen MR) is 136 cm³/mol. The molecule has 0 bridgehead atoms. The third-order valence-corrected chi connectivity index (χ3v) is 5.51. The summed E-state index contributed by atoms with van der Waals surface area (Å²) in [6.07, 6.45) is 1.13. The molecule has 0 amide bonds. The first-order valence-electron chi connectivity index (χ1n) is 10.2. The van der Waals surface area contributed by atoms with Gasteiger partial charge in [0.1, 0.15) is 22.9 Å². The smallest absolute Gasteiger partial charge is 0.232 e. The molecular weight excluding hydrogens is 529 g/mol. The molecule has 12 nitrogen and oxygen atoms in total. The Morgan fingerprint density at radius 2 is 1.72 bits per heavy atom. The van der Waals surface area contributed by atoms with Crippen LogP contribution < -0.4 is 9.50 Å². The Morgan fingerprint density at radius 3 is 2.33 bits per heavy atom. The molecule has 3 N–H and O–H groups in total. The first-order chi connectivity index (χ1) is 17.0. The summed E-state index contributed by atoms with van der Waals surface area (Å²) in [6.45, 7) is 3.64. The fourth-order valence-corrected chi connectivity index (χ4v) is 3.99. The molecule has 0 radical (unpaired) electrons. The molecule has 0 aliphatic rings. The van der Waals surface area contributed by atoms with Gasteiger partial charge in [0.2, 0.25) is 16.5 Å². The van der Waals surface area contributed by atoms with E-state index in [0.29, 0.717) is 17.1 Å². The average molecular weight is 548 g/mol. The zero-order chi connectivity index (χ0) is 26.0. The molecule has 36 heavy (non-hydrogen) atoms. The maximum Gasteiger partial charge on any atom is 0.232 e. The van der Waals surface area contributed by atoms with Crippen molar-refractivity contribution in [1.29, 1.82) is 4.78 Å². The van der Waals surface area contributed by atoms with E-state index in [0.717, 1.165) is 17.6 Å². The summed E-state index contributed by atoms with van der Waals surface area (Å²) in [5.74, 6) is 0.0765. The number of aryl methyl sites for hydroxylation is 1. The molecule has 1 unspecified atom stereocenters. The highest BCUT2D eigenvalue weighted by atomic mass is 35.5. The van der Waals surface area contributed by atoms with Crippen molar-refractivity contribution < 1.29 is 13.5 Å². The Bertz CT molecular complexity index is 1550. The number of aromatic nitrogens is 5. The van der Waals surface area contributed by atoms with E-state index in [1.807, 2.05) is 31.2 Å². The van der Waals surface area contributed by atoms with Crippen LogP contribution in [-0.4, -0.2) is 40.3 Å². The number of nitrogens with one attached hydrogen (secondary N) is 2. The molecule has 4 rings (SSSR count). The third-order valence-electron chi connectivity index (χ3n) is 4.66. The number of halogens is 2. The van der Waals surface area contributed by atoms with Gasteiger partial charge in [-0.2, -0.15) is 20.1 Å². The van der Waals surface area contributed by atoms with E-state index >= 15 is 0 Å². The monoisotopic (exact) mass is 547 g/mol. The van der Waals surface area contributed by atoms with E-state index in [2.05, 4.69) is 35.6 Å². The van der Waals surface area contributed by atoms with Gasteiger partial charge in [-0.05, 0) is 73.4 Å². The number of phenols is 1. The lowest BCUT2D eigenvalue weighted by atomic mass is 10.2. The minimum Gasteiger partial charge on any atom is -0.505 e. The second kappa shape index (κ2) is 10.0. The van der Waals surface area contributed by atoms with E-state index in [1.54, 1.807) is 11.6 Å². The van der Waals surface area contributed by atoms with Crippen LogP contribution in [0.15, 0.2) is 52.7 Å². The molecule has 1 atom stereocenters.